The Balaban J connectivity index is 1.55. The molecule has 0 atom stereocenters. The first-order valence-corrected chi connectivity index (χ1v) is 9.46. The molecule has 5 rings (SSSR count). The third kappa shape index (κ3) is 2.64. The molecular formula is C21H28N2O. The van der Waals surface area contributed by atoms with E-state index in [0.29, 0.717) is 11.5 Å². The third-order valence-corrected chi connectivity index (χ3v) is 6.41. The Kier molecular flexibility index (Phi) is 3.90. The van der Waals surface area contributed by atoms with Crippen molar-refractivity contribution >= 4 is 16.8 Å². The molecule has 3 fully saturated rings. The fraction of sp³-hybridized carbons (Fsp3) is 0.571. The molecular weight excluding hydrogens is 296 g/mol. The molecule has 1 aromatic carbocycles. The minimum Gasteiger partial charge on any atom is -0.351 e. The quantitative estimate of drug-likeness (QED) is 0.851. The van der Waals surface area contributed by atoms with Crippen molar-refractivity contribution in [1.82, 2.24) is 9.88 Å². The number of aromatic nitrogens is 1. The Hall–Kier alpha value is -1.77. The number of hydrogen-bond acceptors (Lipinski definition) is 1. The molecule has 2 aromatic rings. The van der Waals surface area contributed by atoms with E-state index < -0.39 is 0 Å². The fourth-order valence-electron chi connectivity index (χ4n) is 4.78. The average molecular weight is 324 g/mol. The molecule has 24 heavy (non-hydrogen) atoms. The third-order valence-electron chi connectivity index (χ3n) is 6.41. The summed E-state index contributed by atoms with van der Waals surface area (Å²) in [5, 5.41) is 4.34. The van der Waals surface area contributed by atoms with Gasteiger partial charge in [0, 0.05) is 29.7 Å². The van der Waals surface area contributed by atoms with Crippen molar-refractivity contribution in [3.63, 3.8) is 0 Å². The van der Waals surface area contributed by atoms with Crippen molar-refractivity contribution in [2.75, 3.05) is 6.54 Å². The van der Waals surface area contributed by atoms with Crippen LogP contribution >= 0.6 is 0 Å². The van der Waals surface area contributed by atoms with Crippen LogP contribution in [0.5, 0.6) is 0 Å². The van der Waals surface area contributed by atoms with Crippen LogP contribution in [0.4, 0.5) is 0 Å². The minimum absolute atomic E-state index is 0.0904. The maximum atomic E-state index is 12.9. The summed E-state index contributed by atoms with van der Waals surface area (Å²) in [6.45, 7) is 5.17. The van der Waals surface area contributed by atoms with Crippen molar-refractivity contribution < 1.29 is 4.79 Å². The van der Waals surface area contributed by atoms with Gasteiger partial charge in [-0.05, 0) is 69.8 Å². The number of rotatable bonds is 4. The number of nitrogens with zero attached hydrogens (tertiary/aromatic N) is 1. The van der Waals surface area contributed by atoms with Crippen molar-refractivity contribution in [3.8, 4) is 0 Å². The van der Waals surface area contributed by atoms with Gasteiger partial charge in [-0.15, -0.1) is 0 Å². The van der Waals surface area contributed by atoms with E-state index >= 15 is 0 Å². The number of carbonyl (C=O) groups excluding carboxylic acids is 1. The van der Waals surface area contributed by atoms with E-state index in [1.165, 1.54) is 38.5 Å². The van der Waals surface area contributed by atoms with Crippen LogP contribution in [-0.4, -0.2) is 17.0 Å². The minimum atomic E-state index is 0.0904. The lowest BCUT2D eigenvalue weighted by Gasteiger charge is -2.46. The molecule has 1 heterocycles. The summed E-state index contributed by atoms with van der Waals surface area (Å²) >= 11 is 0. The lowest BCUT2D eigenvalue weighted by Crippen LogP contribution is -2.43. The number of benzene rings is 1. The van der Waals surface area contributed by atoms with Crippen molar-refractivity contribution in [2.24, 2.45) is 11.3 Å². The average Bonchev–Trinajstić information content (AvgIpc) is 3.01. The Morgan fingerprint density at radius 3 is 2.54 bits per heavy atom. The molecule has 3 aliphatic carbocycles. The van der Waals surface area contributed by atoms with Gasteiger partial charge in [0.2, 0.25) is 0 Å². The van der Waals surface area contributed by atoms with Gasteiger partial charge in [-0.25, -0.2) is 0 Å². The van der Waals surface area contributed by atoms with Crippen LogP contribution in [-0.2, 0) is 0 Å². The molecule has 3 nitrogen and oxygen atoms in total. The number of fused-ring (bicyclic) bond motifs is 4. The van der Waals surface area contributed by atoms with Gasteiger partial charge < -0.3 is 9.88 Å². The zero-order valence-electron chi connectivity index (χ0n) is 14.8. The van der Waals surface area contributed by atoms with Crippen LogP contribution in [0.25, 0.3) is 10.9 Å². The van der Waals surface area contributed by atoms with Gasteiger partial charge in [-0.3, -0.25) is 4.79 Å². The summed E-state index contributed by atoms with van der Waals surface area (Å²) in [4.78, 5) is 12.9. The Bertz CT molecular complexity index is 737. The molecule has 2 bridgehead atoms. The topological polar surface area (TPSA) is 34.0 Å². The van der Waals surface area contributed by atoms with Crippen LogP contribution in [0.15, 0.2) is 30.5 Å². The second-order valence-corrected chi connectivity index (χ2v) is 8.23. The van der Waals surface area contributed by atoms with Gasteiger partial charge >= 0.3 is 0 Å². The molecule has 0 aliphatic heterocycles. The predicted molar refractivity (Wildman–Crippen MR) is 98.3 cm³/mol. The van der Waals surface area contributed by atoms with Crippen LogP contribution in [0.3, 0.4) is 0 Å². The molecule has 3 heteroatoms. The van der Waals surface area contributed by atoms with E-state index in [1.807, 2.05) is 18.3 Å². The van der Waals surface area contributed by atoms with Crippen molar-refractivity contribution in [2.45, 2.75) is 58.4 Å². The van der Waals surface area contributed by atoms with E-state index in [-0.39, 0.29) is 5.91 Å². The molecule has 0 radical (unpaired) electrons. The summed E-state index contributed by atoms with van der Waals surface area (Å²) in [5.74, 6) is 1.05. The molecule has 3 saturated carbocycles. The Labute approximate surface area is 144 Å². The van der Waals surface area contributed by atoms with E-state index in [4.69, 9.17) is 0 Å². The zero-order valence-corrected chi connectivity index (χ0v) is 14.8. The molecule has 1 amide bonds. The van der Waals surface area contributed by atoms with Gasteiger partial charge in [-0.2, -0.15) is 0 Å². The highest BCUT2D eigenvalue weighted by Crippen LogP contribution is 2.49. The van der Waals surface area contributed by atoms with Gasteiger partial charge in [0.25, 0.3) is 5.91 Å². The van der Waals surface area contributed by atoms with Crippen molar-refractivity contribution in [3.05, 3.63) is 36.0 Å². The van der Waals surface area contributed by atoms with E-state index in [0.717, 1.165) is 28.9 Å². The smallest absolute Gasteiger partial charge is 0.253 e. The second-order valence-electron chi connectivity index (χ2n) is 8.23. The van der Waals surface area contributed by atoms with Gasteiger partial charge in [0.15, 0.2) is 0 Å². The number of amides is 1. The van der Waals surface area contributed by atoms with Crippen molar-refractivity contribution in [1.29, 1.82) is 0 Å². The lowest BCUT2D eigenvalue weighted by molar-refractivity contribution is 0.0598. The van der Waals surface area contributed by atoms with E-state index in [2.05, 4.69) is 35.9 Å². The number of para-hydroxylation sites is 1. The van der Waals surface area contributed by atoms with Crippen LogP contribution in [0, 0.1) is 11.3 Å². The first-order valence-electron chi connectivity index (χ1n) is 9.46. The highest BCUT2D eigenvalue weighted by Gasteiger charge is 2.40. The number of carbonyl (C=O) groups is 1. The summed E-state index contributed by atoms with van der Waals surface area (Å²) in [7, 11) is 0. The maximum Gasteiger partial charge on any atom is 0.253 e. The normalized spacial score (nSPS) is 26.2. The maximum absolute atomic E-state index is 12.9. The molecule has 128 valence electrons. The van der Waals surface area contributed by atoms with Crippen LogP contribution < -0.4 is 5.32 Å². The summed E-state index contributed by atoms with van der Waals surface area (Å²) in [5.41, 5.74) is 2.34. The summed E-state index contributed by atoms with van der Waals surface area (Å²) in [6.07, 6.45) is 10.0. The Morgan fingerprint density at radius 1 is 1.21 bits per heavy atom. The molecule has 0 spiro atoms. The SMILES string of the molecule is CC(C)n1cc(C(=O)NCC23CCC(CC2)CC3)c2ccccc21. The number of hydrogen-bond donors (Lipinski definition) is 1. The van der Waals surface area contributed by atoms with E-state index in [1.54, 1.807) is 0 Å². The summed E-state index contributed by atoms with van der Waals surface area (Å²) < 4.78 is 2.20. The highest BCUT2D eigenvalue weighted by molar-refractivity contribution is 6.07. The molecule has 0 saturated heterocycles. The fourth-order valence-corrected chi connectivity index (χ4v) is 4.78. The highest BCUT2D eigenvalue weighted by atomic mass is 16.1. The molecule has 0 unspecified atom stereocenters. The zero-order chi connectivity index (χ0) is 16.7. The first kappa shape index (κ1) is 15.7. The monoisotopic (exact) mass is 324 g/mol. The molecule has 1 aromatic heterocycles. The first-order chi connectivity index (χ1) is 11.6. The van der Waals surface area contributed by atoms with E-state index in [9.17, 15) is 4.79 Å². The largest absolute Gasteiger partial charge is 0.351 e. The van der Waals surface area contributed by atoms with Crippen LogP contribution in [0.1, 0.15) is 68.8 Å². The predicted octanol–water partition coefficient (Wildman–Crippen LogP) is 4.92. The lowest BCUT2D eigenvalue weighted by atomic mass is 9.61. The van der Waals surface area contributed by atoms with Crippen LogP contribution in [0.2, 0.25) is 0 Å². The molecule has 3 aliphatic rings. The van der Waals surface area contributed by atoms with Gasteiger partial charge in [-0.1, -0.05) is 18.2 Å². The number of nitrogens with one attached hydrogen (secondary N) is 1. The van der Waals surface area contributed by atoms with Gasteiger partial charge in [0.05, 0.1) is 5.56 Å². The summed E-state index contributed by atoms with van der Waals surface area (Å²) in [6, 6.07) is 8.58. The second kappa shape index (κ2) is 5.94. The molecule has 1 N–H and O–H groups in total. The standard InChI is InChI=1S/C21H28N2O/c1-15(2)23-13-18(17-5-3-4-6-19(17)23)20(24)22-14-21-10-7-16(8-11-21)9-12-21/h3-6,13,15-16H,7-12,14H2,1-2H3,(H,22,24). The van der Waals surface area contributed by atoms with Gasteiger partial charge in [0.1, 0.15) is 0 Å². The Morgan fingerprint density at radius 2 is 1.88 bits per heavy atom.